The van der Waals surface area contributed by atoms with Gasteiger partial charge < -0.3 is 15.1 Å². The molecule has 188 valence electrons. The zero-order chi connectivity index (χ0) is 25.0. The molecule has 1 aliphatic rings. The van der Waals surface area contributed by atoms with Gasteiger partial charge in [-0.05, 0) is 98.4 Å². The summed E-state index contributed by atoms with van der Waals surface area (Å²) < 4.78 is 0. The Balaban J connectivity index is 2.12. The van der Waals surface area contributed by atoms with E-state index in [4.69, 9.17) is 0 Å². The summed E-state index contributed by atoms with van der Waals surface area (Å²) in [5.74, 6) is 0.579. The van der Waals surface area contributed by atoms with E-state index in [0.717, 1.165) is 31.5 Å². The van der Waals surface area contributed by atoms with Gasteiger partial charge in [-0.15, -0.1) is 0 Å². The Bertz CT molecular complexity index is 995. The summed E-state index contributed by atoms with van der Waals surface area (Å²) in [4.78, 5) is 2.58. The maximum absolute atomic E-state index is 9.68. The van der Waals surface area contributed by atoms with Gasteiger partial charge in [-0.25, -0.2) is 0 Å². The van der Waals surface area contributed by atoms with Gasteiger partial charge in [0, 0.05) is 12.6 Å². The minimum atomic E-state index is 0.0140. The van der Waals surface area contributed by atoms with Crippen molar-refractivity contribution in [2.75, 3.05) is 26.3 Å². The van der Waals surface area contributed by atoms with Crippen molar-refractivity contribution in [3.63, 3.8) is 0 Å². The first-order valence-corrected chi connectivity index (χ1v) is 13.3. The lowest BCUT2D eigenvalue weighted by Gasteiger charge is -2.35. The quantitative estimate of drug-likeness (QED) is 0.277. The second kappa shape index (κ2) is 14.2. The molecule has 3 nitrogen and oxygen atoms in total. The smallest absolute Gasteiger partial charge is 0.0615 e. The highest BCUT2D eigenvalue weighted by molar-refractivity contribution is 5.99. The lowest BCUT2D eigenvalue weighted by molar-refractivity contribution is 0.172. The van der Waals surface area contributed by atoms with Gasteiger partial charge in [0.25, 0.3) is 0 Å². The Hall–Kier alpha value is -2.46. The molecule has 3 heteroatoms. The highest BCUT2D eigenvalue weighted by atomic mass is 16.3. The first-order chi connectivity index (χ1) is 17.1. The summed E-state index contributed by atoms with van der Waals surface area (Å²) in [6.07, 6.45) is 10.9. The number of likely N-dealkylation sites (tertiary alicyclic amines) is 1. The Labute approximate surface area is 212 Å². The third-order valence-electron chi connectivity index (χ3n) is 7.03. The monoisotopic (exact) mass is 473 g/mol. The van der Waals surface area contributed by atoms with Gasteiger partial charge >= 0.3 is 0 Å². The van der Waals surface area contributed by atoms with E-state index in [1.54, 1.807) is 0 Å². The second-order valence-corrected chi connectivity index (χ2v) is 9.73. The molecule has 0 atom stereocenters. The summed E-state index contributed by atoms with van der Waals surface area (Å²) >= 11 is 0. The SMILES string of the molecule is CC/C=C(\C=C/CO)C(=C(\CCCO)c1ccccc1)/c1cccc(C2CCN(C(C)C)CC2)c1. The first kappa shape index (κ1) is 27.1. The van der Waals surface area contributed by atoms with E-state index in [9.17, 15) is 10.2 Å². The summed E-state index contributed by atoms with van der Waals surface area (Å²) in [5, 5.41) is 19.2. The van der Waals surface area contributed by atoms with E-state index in [2.05, 4.69) is 86.4 Å². The van der Waals surface area contributed by atoms with Crippen LogP contribution in [0, 0.1) is 0 Å². The van der Waals surface area contributed by atoms with E-state index in [1.807, 2.05) is 12.1 Å². The van der Waals surface area contributed by atoms with Crippen LogP contribution in [0.4, 0.5) is 0 Å². The van der Waals surface area contributed by atoms with Crippen molar-refractivity contribution < 1.29 is 10.2 Å². The largest absolute Gasteiger partial charge is 0.396 e. The Kier molecular flexibility index (Phi) is 11.0. The maximum atomic E-state index is 9.68. The molecule has 2 N–H and O–H groups in total. The summed E-state index contributed by atoms with van der Waals surface area (Å²) in [6.45, 7) is 9.22. The highest BCUT2D eigenvalue weighted by Crippen LogP contribution is 2.38. The third kappa shape index (κ3) is 7.51. The molecular formula is C32H43NO2. The summed E-state index contributed by atoms with van der Waals surface area (Å²) in [6, 6.07) is 20.3. The minimum absolute atomic E-state index is 0.0140. The number of rotatable bonds is 11. The van der Waals surface area contributed by atoms with Gasteiger partial charge in [-0.1, -0.05) is 79.7 Å². The first-order valence-electron chi connectivity index (χ1n) is 13.3. The van der Waals surface area contributed by atoms with Crippen LogP contribution in [0.1, 0.15) is 75.5 Å². The average Bonchev–Trinajstić information content (AvgIpc) is 2.90. The molecule has 0 bridgehead atoms. The van der Waals surface area contributed by atoms with Crippen LogP contribution < -0.4 is 0 Å². The number of nitrogens with zero attached hydrogens (tertiary/aromatic N) is 1. The van der Waals surface area contributed by atoms with Crippen molar-refractivity contribution in [3.8, 4) is 0 Å². The third-order valence-corrected chi connectivity index (χ3v) is 7.03. The average molecular weight is 474 g/mol. The number of hydrogen-bond donors (Lipinski definition) is 2. The lowest BCUT2D eigenvalue weighted by Crippen LogP contribution is -2.37. The highest BCUT2D eigenvalue weighted by Gasteiger charge is 2.23. The van der Waals surface area contributed by atoms with Crippen LogP contribution in [0.5, 0.6) is 0 Å². The standard InChI is InChI=1S/C32H43NO2/c1-4-11-28(16-9-22-34)32(31(17-10-23-35)27-12-6-5-7-13-27)30-15-8-14-29(24-30)26-18-20-33(21-19-26)25(2)3/h5-9,11-16,24-26,34-35H,4,10,17-23H2,1-3H3/b16-9-,28-11+,32-31-. The molecular weight excluding hydrogens is 430 g/mol. The fourth-order valence-corrected chi connectivity index (χ4v) is 5.17. The normalized spacial score (nSPS) is 16.8. The van der Waals surface area contributed by atoms with Gasteiger partial charge in [0.2, 0.25) is 0 Å². The van der Waals surface area contributed by atoms with Crippen molar-refractivity contribution in [2.45, 2.75) is 64.8 Å². The molecule has 3 rings (SSSR count). The van der Waals surface area contributed by atoms with Crippen molar-refractivity contribution in [2.24, 2.45) is 0 Å². The topological polar surface area (TPSA) is 43.7 Å². The number of allylic oxidation sites excluding steroid dienone is 5. The Morgan fingerprint density at radius 2 is 1.71 bits per heavy atom. The molecule has 0 spiro atoms. The fourth-order valence-electron chi connectivity index (χ4n) is 5.17. The number of aliphatic hydroxyl groups excluding tert-OH is 2. The van der Waals surface area contributed by atoms with Crippen LogP contribution in [0.15, 0.2) is 78.4 Å². The number of aliphatic hydroxyl groups is 2. The molecule has 2 aromatic carbocycles. The summed E-state index contributed by atoms with van der Waals surface area (Å²) in [7, 11) is 0. The molecule has 35 heavy (non-hydrogen) atoms. The predicted octanol–water partition coefficient (Wildman–Crippen LogP) is 6.84. The van der Waals surface area contributed by atoms with Crippen molar-refractivity contribution >= 4 is 11.1 Å². The van der Waals surface area contributed by atoms with E-state index < -0.39 is 0 Å². The zero-order valence-electron chi connectivity index (χ0n) is 21.8. The zero-order valence-corrected chi connectivity index (χ0v) is 21.8. The lowest BCUT2D eigenvalue weighted by atomic mass is 9.83. The molecule has 0 aromatic heterocycles. The number of benzene rings is 2. The molecule has 1 fully saturated rings. The van der Waals surface area contributed by atoms with E-state index in [-0.39, 0.29) is 13.2 Å². The Morgan fingerprint density at radius 3 is 2.34 bits per heavy atom. The van der Waals surface area contributed by atoms with Gasteiger partial charge in [0.05, 0.1) is 6.61 Å². The van der Waals surface area contributed by atoms with Crippen LogP contribution in [0.25, 0.3) is 11.1 Å². The van der Waals surface area contributed by atoms with Gasteiger partial charge in [0.15, 0.2) is 0 Å². The molecule has 0 amide bonds. The Morgan fingerprint density at radius 1 is 1.00 bits per heavy atom. The van der Waals surface area contributed by atoms with Crippen molar-refractivity contribution in [1.29, 1.82) is 0 Å². The van der Waals surface area contributed by atoms with Crippen LogP contribution in [-0.2, 0) is 0 Å². The summed E-state index contributed by atoms with van der Waals surface area (Å²) in [5.41, 5.74) is 7.40. The van der Waals surface area contributed by atoms with E-state index in [0.29, 0.717) is 18.4 Å². The van der Waals surface area contributed by atoms with E-state index in [1.165, 1.54) is 40.7 Å². The van der Waals surface area contributed by atoms with Gasteiger partial charge in [-0.2, -0.15) is 0 Å². The molecule has 2 aromatic rings. The fraction of sp³-hybridized carbons (Fsp3) is 0.438. The minimum Gasteiger partial charge on any atom is -0.396 e. The van der Waals surface area contributed by atoms with Crippen LogP contribution in [0.2, 0.25) is 0 Å². The molecule has 0 unspecified atom stereocenters. The maximum Gasteiger partial charge on any atom is 0.0615 e. The number of hydrogen-bond acceptors (Lipinski definition) is 3. The van der Waals surface area contributed by atoms with E-state index >= 15 is 0 Å². The molecule has 0 saturated carbocycles. The molecule has 1 aliphatic heterocycles. The predicted molar refractivity (Wildman–Crippen MR) is 149 cm³/mol. The van der Waals surface area contributed by atoms with Crippen LogP contribution in [-0.4, -0.2) is 47.5 Å². The molecule has 0 radical (unpaired) electrons. The van der Waals surface area contributed by atoms with Gasteiger partial charge in [0.1, 0.15) is 0 Å². The molecule has 0 aliphatic carbocycles. The van der Waals surface area contributed by atoms with Crippen molar-refractivity contribution in [1.82, 2.24) is 4.90 Å². The number of piperidine rings is 1. The van der Waals surface area contributed by atoms with Crippen molar-refractivity contribution in [3.05, 3.63) is 95.1 Å². The molecule has 1 heterocycles. The van der Waals surface area contributed by atoms with Crippen LogP contribution >= 0.6 is 0 Å². The molecule has 1 saturated heterocycles. The second-order valence-electron chi connectivity index (χ2n) is 9.73. The van der Waals surface area contributed by atoms with Crippen LogP contribution in [0.3, 0.4) is 0 Å². The van der Waals surface area contributed by atoms with Gasteiger partial charge in [-0.3, -0.25) is 0 Å².